The molecule has 0 fully saturated rings. The zero-order valence-corrected chi connectivity index (χ0v) is 12.4. The van der Waals surface area contributed by atoms with Crippen LogP contribution in [-0.4, -0.2) is 11.0 Å². The van der Waals surface area contributed by atoms with Crippen molar-refractivity contribution >= 4 is 22.9 Å². The van der Waals surface area contributed by atoms with Crippen molar-refractivity contribution in [3.8, 4) is 5.75 Å². The molecular weight excluding hydrogens is 280 g/mol. The molecular formula is C14H17ClN2OS. The maximum absolute atomic E-state index is 6.04. The van der Waals surface area contributed by atoms with E-state index in [4.69, 9.17) is 22.1 Å². The molecule has 0 saturated heterocycles. The molecule has 2 aromatic rings. The minimum Gasteiger partial charge on any atom is -0.488 e. The van der Waals surface area contributed by atoms with Gasteiger partial charge in [0.05, 0.1) is 10.4 Å². The fraction of sp³-hybridized carbons (Fsp3) is 0.357. The molecule has 5 heteroatoms. The van der Waals surface area contributed by atoms with Crippen LogP contribution in [0.15, 0.2) is 29.9 Å². The smallest absolute Gasteiger partial charge is 0.124 e. The van der Waals surface area contributed by atoms with Gasteiger partial charge in [0.15, 0.2) is 0 Å². The number of benzene rings is 1. The summed E-state index contributed by atoms with van der Waals surface area (Å²) in [5.41, 5.74) is 8.87. The Kier molecular flexibility index (Phi) is 5.19. The van der Waals surface area contributed by atoms with Crippen molar-refractivity contribution in [3.05, 3.63) is 45.4 Å². The minimum absolute atomic E-state index is 0.129. The van der Waals surface area contributed by atoms with Gasteiger partial charge >= 0.3 is 0 Å². The van der Waals surface area contributed by atoms with Crippen LogP contribution < -0.4 is 10.5 Å². The minimum atomic E-state index is 0.129. The Labute approximate surface area is 122 Å². The van der Waals surface area contributed by atoms with E-state index in [0.29, 0.717) is 11.6 Å². The molecule has 1 unspecified atom stereocenters. The van der Waals surface area contributed by atoms with E-state index in [-0.39, 0.29) is 6.04 Å². The summed E-state index contributed by atoms with van der Waals surface area (Å²) in [4.78, 5) is 5.13. The van der Waals surface area contributed by atoms with Gasteiger partial charge in [-0.2, -0.15) is 0 Å². The van der Waals surface area contributed by atoms with Gasteiger partial charge in [-0.25, -0.2) is 0 Å². The second kappa shape index (κ2) is 6.89. The summed E-state index contributed by atoms with van der Waals surface area (Å²) < 4.78 is 5.84. The Balaban J connectivity index is 2.09. The first-order valence-electron chi connectivity index (χ1n) is 6.23. The topological polar surface area (TPSA) is 48.1 Å². The average molecular weight is 297 g/mol. The molecule has 102 valence electrons. The molecule has 1 aromatic carbocycles. The van der Waals surface area contributed by atoms with E-state index >= 15 is 0 Å². The predicted octanol–water partition coefficient (Wildman–Crippen LogP) is 3.66. The number of nitrogens with zero attached hydrogens (tertiary/aromatic N) is 1. The molecule has 1 heterocycles. The van der Waals surface area contributed by atoms with E-state index in [2.05, 4.69) is 11.9 Å². The van der Waals surface area contributed by atoms with Crippen molar-refractivity contribution in [1.82, 2.24) is 4.98 Å². The first-order chi connectivity index (χ1) is 9.19. The van der Waals surface area contributed by atoms with Crippen molar-refractivity contribution in [2.24, 2.45) is 5.73 Å². The summed E-state index contributed by atoms with van der Waals surface area (Å²) in [6, 6.07) is 5.80. The number of nitrogens with two attached hydrogens (primary N) is 1. The average Bonchev–Trinajstić information content (AvgIpc) is 2.91. The van der Waals surface area contributed by atoms with Gasteiger partial charge in [0.25, 0.3) is 0 Å². The van der Waals surface area contributed by atoms with Gasteiger partial charge in [0.2, 0.25) is 0 Å². The van der Waals surface area contributed by atoms with Gasteiger partial charge in [-0.05, 0) is 36.6 Å². The molecule has 0 radical (unpaired) electrons. The van der Waals surface area contributed by atoms with Crippen molar-refractivity contribution in [1.29, 1.82) is 0 Å². The second-order valence-electron chi connectivity index (χ2n) is 4.38. The molecule has 0 aliphatic carbocycles. The molecule has 0 aliphatic rings. The van der Waals surface area contributed by atoms with Crippen molar-refractivity contribution < 1.29 is 4.74 Å². The van der Waals surface area contributed by atoms with Gasteiger partial charge < -0.3 is 10.5 Å². The van der Waals surface area contributed by atoms with Crippen LogP contribution in [0, 0.1) is 0 Å². The molecule has 0 bridgehead atoms. The lowest BCUT2D eigenvalue weighted by Gasteiger charge is -2.14. The first-order valence-corrected chi connectivity index (χ1v) is 7.49. The van der Waals surface area contributed by atoms with E-state index < -0.39 is 0 Å². The zero-order chi connectivity index (χ0) is 13.7. The molecule has 2 rings (SSSR count). The van der Waals surface area contributed by atoms with Gasteiger partial charge in [0.1, 0.15) is 12.4 Å². The highest BCUT2D eigenvalue weighted by Crippen LogP contribution is 2.25. The fourth-order valence-electron chi connectivity index (χ4n) is 1.74. The van der Waals surface area contributed by atoms with E-state index in [9.17, 15) is 0 Å². The lowest BCUT2D eigenvalue weighted by Crippen LogP contribution is -2.21. The van der Waals surface area contributed by atoms with Gasteiger partial charge in [-0.1, -0.05) is 18.5 Å². The molecule has 0 aliphatic heterocycles. The Morgan fingerprint density at radius 2 is 2.32 bits per heavy atom. The first kappa shape index (κ1) is 14.3. The Morgan fingerprint density at radius 3 is 3.00 bits per heavy atom. The van der Waals surface area contributed by atoms with Gasteiger partial charge in [-0.15, -0.1) is 11.3 Å². The van der Waals surface area contributed by atoms with Gasteiger partial charge in [0, 0.05) is 17.3 Å². The second-order valence-corrected chi connectivity index (χ2v) is 5.79. The highest BCUT2D eigenvalue weighted by molar-refractivity contribution is 7.09. The van der Waals surface area contributed by atoms with Crippen LogP contribution in [0.4, 0.5) is 0 Å². The predicted molar refractivity (Wildman–Crippen MR) is 79.9 cm³/mol. The highest BCUT2D eigenvalue weighted by atomic mass is 35.5. The third kappa shape index (κ3) is 4.20. The third-order valence-electron chi connectivity index (χ3n) is 2.88. The largest absolute Gasteiger partial charge is 0.488 e. The van der Waals surface area contributed by atoms with Crippen molar-refractivity contribution in [2.75, 3.05) is 0 Å². The van der Waals surface area contributed by atoms with Crippen molar-refractivity contribution in [2.45, 2.75) is 32.4 Å². The Bertz CT molecular complexity index is 516. The summed E-state index contributed by atoms with van der Waals surface area (Å²) in [7, 11) is 0. The van der Waals surface area contributed by atoms with Crippen LogP contribution in [-0.2, 0) is 13.0 Å². The van der Waals surface area contributed by atoms with Crippen LogP contribution in [0.1, 0.15) is 23.8 Å². The molecule has 1 aromatic heterocycles. The number of rotatable bonds is 6. The lowest BCUT2D eigenvalue weighted by atomic mass is 10.0. The van der Waals surface area contributed by atoms with E-state index in [1.807, 2.05) is 24.4 Å². The summed E-state index contributed by atoms with van der Waals surface area (Å²) >= 11 is 7.62. The molecule has 19 heavy (non-hydrogen) atoms. The van der Waals surface area contributed by atoms with Crippen molar-refractivity contribution in [3.63, 3.8) is 0 Å². The number of hydrogen-bond acceptors (Lipinski definition) is 4. The van der Waals surface area contributed by atoms with Crippen LogP contribution in [0.3, 0.4) is 0 Å². The van der Waals surface area contributed by atoms with Crippen LogP contribution >= 0.6 is 22.9 Å². The monoisotopic (exact) mass is 296 g/mol. The highest BCUT2D eigenvalue weighted by Gasteiger charge is 2.09. The Morgan fingerprint density at radius 1 is 1.47 bits per heavy atom. The van der Waals surface area contributed by atoms with E-state index in [1.165, 1.54) is 0 Å². The SMILES string of the molecule is CCC(N)Cc1cc(Cl)ccc1OCc1cncs1. The number of hydrogen-bond donors (Lipinski definition) is 1. The number of thiazole rings is 1. The fourth-order valence-corrected chi connectivity index (χ4v) is 2.44. The number of halogens is 1. The molecule has 0 amide bonds. The van der Waals surface area contributed by atoms with Crippen LogP contribution in [0.2, 0.25) is 5.02 Å². The maximum atomic E-state index is 6.04. The number of aromatic nitrogens is 1. The summed E-state index contributed by atoms with van der Waals surface area (Å²) in [6.07, 6.45) is 3.52. The standard InChI is InChI=1S/C14H17ClN2OS/c1-2-12(16)6-10-5-11(15)3-4-14(10)18-8-13-7-17-9-19-13/h3-5,7,9,12H,2,6,8,16H2,1H3. The molecule has 2 N–H and O–H groups in total. The molecule has 3 nitrogen and oxygen atoms in total. The van der Waals surface area contributed by atoms with E-state index in [1.54, 1.807) is 16.8 Å². The van der Waals surface area contributed by atoms with Crippen LogP contribution in [0.25, 0.3) is 0 Å². The molecule has 0 saturated carbocycles. The normalized spacial score (nSPS) is 12.4. The number of ether oxygens (including phenoxy) is 1. The third-order valence-corrected chi connectivity index (χ3v) is 3.87. The molecule has 1 atom stereocenters. The van der Waals surface area contributed by atoms with Gasteiger partial charge in [-0.3, -0.25) is 4.98 Å². The summed E-state index contributed by atoms with van der Waals surface area (Å²) in [6.45, 7) is 2.60. The summed E-state index contributed by atoms with van der Waals surface area (Å²) in [5, 5.41) is 0.712. The molecule has 0 spiro atoms. The lowest BCUT2D eigenvalue weighted by molar-refractivity contribution is 0.305. The van der Waals surface area contributed by atoms with Crippen LogP contribution in [0.5, 0.6) is 5.75 Å². The quantitative estimate of drug-likeness (QED) is 0.885. The van der Waals surface area contributed by atoms with E-state index in [0.717, 1.165) is 29.0 Å². The summed E-state index contributed by atoms with van der Waals surface area (Å²) in [5.74, 6) is 0.849. The maximum Gasteiger partial charge on any atom is 0.124 e. The zero-order valence-electron chi connectivity index (χ0n) is 10.8. The Hall–Kier alpha value is -1.10.